The van der Waals surface area contributed by atoms with Crippen LogP contribution in [-0.2, 0) is 9.47 Å². The molecule has 3 N–H and O–H groups in total. The van der Waals surface area contributed by atoms with Crippen LogP contribution in [0, 0.1) is 0 Å². The molecule has 0 rings (SSSR count). The largest absolute Gasteiger partial charge is 0.394 e. The molecule has 0 spiro atoms. The first-order valence-corrected chi connectivity index (χ1v) is 3.22. The monoisotopic (exact) mass is 168 g/mol. The molecule has 0 heterocycles. The Labute approximate surface area is 66.2 Å². The Bertz CT molecular complexity index is 44.2. The van der Waals surface area contributed by atoms with Gasteiger partial charge in [0, 0.05) is 7.11 Å². The minimum absolute atomic E-state index is 0.0870. The third kappa shape index (κ3) is 25.9. The molecule has 0 aromatic carbocycles. The summed E-state index contributed by atoms with van der Waals surface area (Å²) in [6.45, 7) is 0.907. The minimum atomic E-state index is -0.750. The molecule has 0 unspecified atom stereocenters. The van der Waals surface area contributed by atoms with Crippen LogP contribution in [0.2, 0.25) is 0 Å². The Balaban J connectivity index is 0. The fourth-order valence-corrected chi connectivity index (χ4v) is 0.309. The number of hydrogen-bond donors (Lipinski definition) is 3. The lowest BCUT2D eigenvalue weighted by atomic mass is 10.7. The summed E-state index contributed by atoms with van der Waals surface area (Å²) >= 11 is 0. The van der Waals surface area contributed by atoms with E-state index in [-0.39, 0.29) is 6.61 Å². The van der Waals surface area contributed by atoms with Crippen molar-refractivity contribution in [2.24, 2.45) is 0 Å². The topological polar surface area (TPSA) is 79.2 Å². The van der Waals surface area contributed by atoms with Crippen LogP contribution in [0.1, 0.15) is 0 Å². The van der Waals surface area contributed by atoms with Crippen molar-refractivity contribution < 1.29 is 24.8 Å². The van der Waals surface area contributed by atoms with Gasteiger partial charge in [0.1, 0.15) is 6.79 Å². The quantitative estimate of drug-likeness (QED) is 0.346. The van der Waals surface area contributed by atoms with Crippen molar-refractivity contribution in [3.05, 3.63) is 0 Å². The molecule has 11 heavy (non-hydrogen) atoms. The van der Waals surface area contributed by atoms with Gasteiger partial charge in [-0.05, 0) is 0 Å². The molecule has 0 bridgehead atoms. The van der Waals surface area contributed by atoms with E-state index in [0.29, 0.717) is 19.8 Å². The Kier molecular flexibility index (Phi) is 20.0. The van der Waals surface area contributed by atoms with Crippen LogP contribution in [0.5, 0.6) is 0 Å². The second-order valence-electron chi connectivity index (χ2n) is 1.47. The van der Waals surface area contributed by atoms with Gasteiger partial charge in [-0.2, -0.15) is 0 Å². The fourth-order valence-electron chi connectivity index (χ4n) is 0.309. The first-order chi connectivity index (χ1) is 5.33. The van der Waals surface area contributed by atoms with Crippen molar-refractivity contribution in [1.29, 1.82) is 0 Å². The molecule has 5 heteroatoms. The maximum Gasteiger partial charge on any atom is 0.140 e. The maximum atomic E-state index is 8.20. The average Bonchev–Trinajstić information content (AvgIpc) is 2.00. The Hall–Kier alpha value is -0.200. The summed E-state index contributed by atoms with van der Waals surface area (Å²) in [5, 5.41) is 22.4. The number of methoxy groups -OCH3 is 1. The molecule has 0 aliphatic rings. The predicted octanol–water partition coefficient (Wildman–Crippen LogP) is -1.43. The molecule has 0 saturated heterocycles. The van der Waals surface area contributed by atoms with E-state index in [4.69, 9.17) is 20.1 Å². The van der Waals surface area contributed by atoms with Crippen molar-refractivity contribution in [3.8, 4) is 0 Å². The molecule has 70 valence electrons. The molecule has 0 radical (unpaired) electrons. The summed E-state index contributed by atoms with van der Waals surface area (Å²) in [5.41, 5.74) is 0. The van der Waals surface area contributed by atoms with Gasteiger partial charge in [-0.25, -0.2) is 0 Å². The molecule has 0 saturated carbocycles. The number of rotatable bonds is 5. The molecule has 0 aliphatic heterocycles. The van der Waals surface area contributed by atoms with Gasteiger partial charge in [-0.15, -0.1) is 0 Å². The summed E-state index contributed by atoms with van der Waals surface area (Å²) in [6.07, 6.45) is 0. The van der Waals surface area contributed by atoms with E-state index < -0.39 is 6.79 Å². The number of ether oxygens (including phenoxy) is 2. The highest BCUT2D eigenvalue weighted by Crippen LogP contribution is 1.72. The summed E-state index contributed by atoms with van der Waals surface area (Å²) in [4.78, 5) is 0. The number of aliphatic hydroxyl groups excluding tert-OH is 2. The Morgan fingerprint density at radius 3 is 1.91 bits per heavy atom. The van der Waals surface area contributed by atoms with Crippen molar-refractivity contribution >= 4 is 0 Å². The van der Waals surface area contributed by atoms with Gasteiger partial charge in [0.2, 0.25) is 0 Å². The van der Waals surface area contributed by atoms with Gasteiger partial charge in [0.25, 0.3) is 0 Å². The van der Waals surface area contributed by atoms with Crippen LogP contribution in [-0.4, -0.2) is 55.6 Å². The summed E-state index contributed by atoms with van der Waals surface area (Å²) in [5.74, 6) is 0. The molecule has 0 aromatic rings. The second kappa shape index (κ2) is 16.4. The molecule has 5 nitrogen and oxygen atoms in total. The first kappa shape index (κ1) is 13.4. The minimum Gasteiger partial charge on any atom is -0.394 e. The SMILES string of the molecule is COCCOCCO.OCO. The van der Waals surface area contributed by atoms with E-state index in [0.717, 1.165) is 0 Å². The van der Waals surface area contributed by atoms with Crippen molar-refractivity contribution in [1.82, 2.24) is 0 Å². The van der Waals surface area contributed by atoms with Gasteiger partial charge in [-0.1, -0.05) is 0 Å². The van der Waals surface area contributed by atoms with Crippen LogP contribution in [0.4, 0.5) is 0 Å². The third-order valence-corrected chi connectivity index (χ3v) is 0.667. The summed E-state index contributed by atoms with van der Waals surface area (Å²) in [7, 11) is 1.61. The van der Waals surface area contributed by atoms with Gasteiger partial charge < -0.3 is 24.8 Å². The zero-order chi connectivity index (χ0) is 8.95. The van der Waals surface area contributed by atoms with E-state index in [1.54, 1.807) is 7.11 Å². The lowest BCUT2D eigenvalue weighted by molar-refractivity contribution is 0.0500. The first-order valence-electron chi connectivity index (χ1n) is 3.22. The zero-order valence-electron chi connectivity index (χ0n) is 6.69. The van der Waals surface area contributed by atoms with Crippen molar-refractivity contribution in [3.63, 3.8) is 0 Å². The van der Waals surface area contributed by atoms with E-state index >= 15 is 0 Å². The normalized spacial score (nSPS) is 8.73. The molecule has 0 fully saturated rings. The predicted molar refractivity (Wildman–Crippen MR) is 39.1 cm³/mol. The van der Waals surface area contributed by atoms with Crippen LogP contribution in [0.25, 0.3) is 0 Å². The molecule has 0 amide bonds. The van der Waals surface area contributed by atoms with E-state index in [2.05, 4.69) is 4.74 Å². The zero-order valence-corrected chi connectivity index (χ0v) is 6.69. The van der Waals surface area contributed by atoms with Gasteiger partial charge in [0.05, 0.1) is 26.4 Å². The Morgan fingerprint density at radius 1 is 1.00 bits per heavy atom. The third-order valence-electron chi connectivity index (χ3n) is 0.667. The van der Waals surface area contributed by atoms with Crippen LogP contribution in [0.15, 0.2) is 0 Å². The van der Waals surface area contributed by atoms with Gasteiger partial charge >= 0.3 is 0 Å². The second-order valence-corrected chi connectivity index (χ2v) is 1.47. The lowest BCUT2D eigenvalue weighted by Gasteiger charge is -1.98. The highest BCUT2D eigenvalue weighted by atomic mass is 16.5. The summed E-state index contributed by atoms with van der Waals surface area (Å²) < 4.78 is 9.53. The standard InChI is InChI=1S/C5H12O3.CH4O2/c1-7-4-5-8-3-2-6;2-1-3/h6H,2-5H2,1H3;2-3H,1H2. The molecule has 0 atom stereocenters. The van der Waals surface area contributed by atoms with E-state index in [1.807, 2.05) is 0 Å². The highest BCUT2D eigenvalue weighted by Gasteiger charge is 1.82. The van der Waals surface area contributed by atoms with Crippen LogP contribution < -0.4 is 0 Å². The van der Waals surface area contributed by atoms with Crippen molar-refractivity contribution in [2.75, 3.05) is 40.3 Å². The maximum absolute atomic E-state index is 8.20. The van der Waals surface area contributed by atoms with Crippen LogP contribution in [0.3, 0.4) is 0 Å². The summed E-state index contributed by atoms with van der Waals surface area (Å²) in [6, 6.07) is 0. The average molecular weight is 168 g/mol. The van der Waals surface area contributed by atoms with Gasteiger partial charge in [0.15, 0.2) is 0 Å². The molecule has 0 aliphatic carbocycles. The van der Waals surface area contributed by atoms with Crippen molar-refractivity contribution in [2.45, 2.75) is 0 Å². The molecule has 0 aromatic heterocycles. The highest BCUT2D eigenvalue weighted by molar-refractivity contribution is 4.26. The number of hydrogen-bond acceptors (Lipinski definition) is 5. The Morgan fingerprint density at radius 2 is 1.55 bits per heavy atom. The van der Waals surface area contributed by atoms with Gasteiger partial charge in [-0.3, -0.25) is 0 Å². The fraction of sp³-hybridized carbons (Fsp3) is 1.00. The molecular weight excluding hydrogens is 152 g/mol. The van der Waals surface area contributed by atoms with Crippen LogP contribution >= 0.6 is 0 Å². The number of aliphatic hydroxyl groups is 3. The smallest absolute Gasteiger partial charge is 0.140 e. The van der Waals surface area contributed by atoms with E-state index in [1.165, 1.54) is 0 Å². The molecular formula is C6H16O5. The van der Waals surface area contributed by atoms with E-state index in [9.17, 15) is 0 Å². The lowest BCUT2D eigenvalue weighted by Crippen LogP contribution is -2.05.